The molecule has 3 rings (SSSR count). The van der Waals surface area contributed by atoms with Crippen molar-refractivity contribution in [2.45, 2.75) is 36.0 Å². The summed E-state index contributed by atoms with van der Waals surface area (Å²) in [6.45, 7) is 4.77. The molecule has 1 aliphatic rings. The fourth-order valence-corrected chi connectivity index (χ4v) is 5.01. The number of benzene rings is 2. The van der Waals surface area contributed by atoms with Crippen LogP contribution in [0.4, 0.5) is 0 Å². The number of rotatable bonds is 7. The molecule has 4 nitrogen and oxygen atoms in total. The molecule has 0 saturated carbocycles. The maximum atomic E-state index is 12.6. The van der Waals surface area contributed by atoms with Gasteiger partial charge in [0.25, 0.3) is 10.1 Å². The minimum Gasteiger partial charge on any atom is -0.357 e. The second kappa shape index (κ2) is 8.13. The Balaban J connectivity index is 1.77. The van der Waals surface area contributed by atoms with Crippen LogP contribution in [0.5, 0.6) is 0 Å². The van der Waals surface area contributed by atoms with E-state index in [1.54, 1.807) is 23.9 Å². The van der Waals surface area contributed by atoms with E-state index in [-0.39, 0.29) is 11.5 Å². The smallest absolute Gasteiger partial charge is 0.297 e. The fraction of sp³-hybridized carbons (Fsp3) is 0.400. The summed E-state index contributed by atoms with van der Waals surface area (Å²) in [5.41, 5.74) is 2.05. The molecule has 0 bridgehead atoms. The lowest BCUT2D eigenvalue weighted by Crippen LogP contribution is -2.29. The number of hydrogen-bond donors (Lipinski definition) is 0. The standard InChI is InChI=1S/C20H24O4S2/c1-3-16(2)17-9-11-19(12-10-17)26(21,22)24-15-20(23-13-14-25-20)18-7-5-4-6-8-18/h4-12,16H,3,13-15H2,1-2H3. The SMILES string of the molecule is CCC(C)c1ccc(S(=O)(=O)OCC2(c3ccccc3)OCCS2)cc1. The van der Waals surface area contributed by atoms with E-state index in [1.165, 1.54) is 0 Å². The topological polar surface area (TPSA) is 52.6 Å². The lowest BCUT2D eigenvalue weighted by atomic mass is 9.99. The first-order valence-corrected chi connectivity index (χ1v) is 11.2. The number of thioether (sulfide) groups is 1. The molecule has 2 atom stereocenters. The van der Waals surface area contributed by atoms with Crippen molar-refractivity contribution in [1.82, 2.24) is 0 Å². The molecular formula is C20H24O4S2. The van der Waals surface area contributed by atoms with Gasteiger partial charge in [-0.1, -0.05) is 56.3 Å². The van der Waals surface area contributed by atoms with Crippen LogP contribution < -0.4 is 0 Å². The lowest BCUT2D eigenvalue weighted by molar-refractivity contribution is 0.0141. The molecule has 6 heteroatoms. The van der Waals surface area contributed by atoms with Crippen molar-refractivity contribution >= 4 is 21.9 Å². The van der Waals surface area contributed by atoms with Crippen LogP contribution in [0, 0.1) is 0 Å². The third-order valence-electron chi connectivity index (χ3n) is 4.72. The Labute approximate surface area is 160 Å². The molecule has 0 aromatic heterocycles. The van der Waals surface area contributed by atoms with E-state index in [2.05, 4.69) is 13.8 Å². The predicted octanol–water partition coefficient (Wildman–Crippen LogP) is 4.52. The fourth-order valence-electron chi connectivity index (χ4n) is 2.90. The van der Waals surface area contributed by atoms with Gasteiger partial charge in [0.05, 0.1) is 11.5 Å². The van der Waals surface area contributed by atoms with Crippen LogP contribution in [0.2, 0.25) is 0 Å². The molecule has 1 aliphatic heterocycles. The molecule has 2 unspecified atom stereocenters. The van der Waals surface area contributed by atoms with Gasteiger partial charge < -0.3 is 4.74 Å². The van der Waals surface area contributed by atoms with Gasteiger partial charge in [0.1, 0.15) is 6.61 Å². The summed E-state index contributed by atoms with van der Waals surface area (Å²) in [4.78, 5) is -0.596. The maximum absolute atomic E-state index is 12.6. The second-order valence-corrected chi connectivity index (χ2v) is 9.38. The normalized spacial score (nSPS) is 21.6. The van der Waals surface area contributed by atoms with Gasteiger partial charge in [0.2, 0.25) is 0 Å². The van der Waals surface area contributed by atoms with Gasteiger partial charge in [-0.05, 0) is 35.6 Å². The monoisotopic (exact) mass is 392 g/mol. The summed E-state index contributed by atoms with van der Waals surface area (Å²) in [5, 5.41) is 0. The third-order valence-corrected chi connectivity index (χ3v) is 7.31. The summed E-state index contributed by atoms with van der Waals surface area (Å²) in [6.07, 6.45) is 1.01. The van der Waals surface area contributed by atoms with Crippen LogP contribution >= 0.6 is 11.8 Å². The zero-order valence-corrected chi connectivity index (χ0v) is 16.7. The molecule has 1 fully saturated rings. The molecule has 26 heavy (non-hydrogen) atoms. The summed E-state index contributed by atoms with van der Waals surface area (Å²) >= 11 is 1.58. The summed E-state index contributed by atoms with van der Waals surface area (Å²) < 4.78 is 36.6. The Bertz CT molecular complexity index is 811. The van der Waals surface area contributed by atoms with E-state index in [0.717, 1.165) is 23.3 Å². The van der Waals surface area contributed by atoms with Crippen molar-refractivity contribution in [3.05, 3.63) is 65.7 Å². The molecule has 1 saturated heterocycles. The largest absolute Gasteiger partial charge is 0.357 e. The van der Waals surface area contributed by atoms with Gasteiger partial charge in [-0.3, -0.25) is 4.18 Å². The highest BCUT2D eigenvalue weighted by atomic mass is 32.2. The molecule has 2 aromatic rings. The summed E-state index contributed by atoms with van der Waals surface area (Å²) in [6, 6.07) is 16.6. The zero-order valence-electron chi connectivity index (χ0n) is 15.1. The molecule has 140 valence electrons. The van der Waals surface area contributed by atoms with Crippen molar-refractivity contribution in [2.24, 2.45) is 0 Å². The van der Waals surface area contributed by atoms with Crippen LogP contribution in [0.15, 0.2) is 59.5 Å². The molecule has 0 aliphatic carbocycles. The van der Waals surface area contributed by atoms with Crippen molar-refractivity contribution in [2.75, 3.05) is 19.0 Å². The van der Waals surface area contributed by atoms with Crippen molar-refractivity contribution in [3.63, 3.8) is 0 Å². The molecule has 1 heterocycles. The van der Waals surface area contributed by atoms with Crippen LogP contribution in [0.3, 0.4) is 0 Å². The van der Waals surface area contributed by atoms with Crippen LogP contribution in [-0.4, -0.2) is 27.4 Å². The lowest BCUT2D eigenvalue weighted by Gasteiger charge is -2.27. The molecule has 0 amide bonds. The van der Waals surface area contributed by atoms with Gasteiger partial charge >= 0.3 is 0 Å². The van der Waals surface area contributed by atoms with Crippen molar-refractivity contribution in [1.29, 1.82) is 0 Å². The van der Waals surface area contributed by atoms with Gasteiger partial charge in [-0.2, -0.15) is 8.42 Å². The van der Waals surface area contributed by atoms with Gasteiger partial charge in [0, 0.05) is 5.75 Å². The van der Waals surface area contributed by atoms with Crippen molar-refractivity contribution in [3.8, 4) is 0 Å². The number of ether oxygens (including phenoxy) is 1. The van der Waals surface area contributed by atoms with E-state index in [1.807, 2.05) is 42.5 Å². The van der Waals surface area contributed by atoms with Gasteiger partial charge in [-0.15, -0.1) is 11.8 Å². The van der Waals surface area contributed by atoms with Crippen LogP contribution in [-0.2, 0) is 24.0 Å². The van der Waals surface area contributed by atoms with Crippen molar-refractivity contribution < 1.29 is 17.3 Å². The molecule has 0 N–H and O–H groups in total. The molecule has 0 spiro atoms. The highest BCUT2D eigenvalue weighted by molar-refractivity contribution is 8.00. The Kier molecular flexibility index (Phi) is 6.07. The predicted molar refractivity (Wildman–Crippen MR) is 105 cm³/mol. The van der Waals surface area contributed by atoms with Crippen LogP contribution in [0.1, 0.15) is 37.3 Å². The Hall–Kier alpha value is -1.34. The summed E-state index contributed by atoms with van der Waals surface area (Å²) in [5.74, 6) is 1.21. The molecular weight excluding hydrogens is 368 g/mol. The van der Waals surface area contributed by atoms with E-state index in [0.29, 0.717) is 12.5 Å². The van der Waals surface area contributed by atoms with E-state index in [9.17, 15) is 8.42 Å². The third kappa shape index (κ3) is 4.14. The zero-order chi connectivity index (χ0) is 18.6. The Morgan fingerprint density at radius 1 is 1.15 bits per heavy atom. The van der Waals surface area contributed by atoms with Gasteiger partial charge in [-0.25, -0.2) is 0 Å². The van der Waals surface area contributed by atoms with Crippen LogP contribution in [0.25, 0.3) is 0 Å². The highest BCUT2D eigenvalue weighted by Gasteiger charge is 2.40. The average molecular weight is 393 g/mol. The average Bonchev–Trinajstić information content (AvgIpc) is 3.17. The van der Waals surface area contributed by atoms with E-state index >= 15 is 0 Å². The first-order chi connectivity index (χ1) is 12.5. The minimum atomic E-state index is -3.84. The highest BCUT2D eigenvalue weighted by Crippen LogP contribution is 2.43. The first kappa shape index (κ1) is 19.4. The molecule has 2 aromatic carbocycles. The second-order valence-electron chi connectivity index (χ2n) is 6.41. The minimum absolute atomic E-state index is 0.0445. The quantitative estimate of drug-likeness (QED) is 0.649. The van der Waals surface area contributed by atoms with E-state index in [4.69, 9.17) is 8.92 Å². The molecule has 0 radical (unpaired) electrons. The summed E-state index contributed by atoms with van der Waals surface area (Å²) in [7, 11) is -3.84. The number of hydrogen-bond acceptors (Lipinski definition) is 5. The van der Waals surface area contributed by atoms with E-state index < -0.39 is 15.1 Å². The Morgan fingerprint density at radius 3 is 2.42 bits per heavy atom. The Morgan fingerprint density at radius 2 is 1.85 bits per heavy atom. The maximum Gasteiger partial charge on any atom is 0.297 e. The first-order valence-electron chi connectivity index (χ1n) is 8.80. The van der Waals surface area contributed by atoms with Gasteiger partial charge in [0.15, 0.2) is 4.93 Å².